The Morgan fingerprint density at radius 3 is 1.65 bits per heavy atom. The second-order valence-electron chi connectivity index (χ2n) is 5.15. The standard InChI is InChI=1S/C19H21O3P/c1-4-10-16-12-6-8-14-18(16)21-23(3,20)22-19-15-9-7-13-17(19)11-5-2/h4-9,12-15H,1-2,10-11H2,3H3. The quantitative estimate of drug-likeness (QED) is 0.479. The lowest BCUT2D eigenvalue weighted by Gasteiger charge is -2.19. The van der Waals surface area contributed by atoms with Gasteiger partial charge in [0, 0.05) is 0 Å². The van der Waals surface area contributed by atoms with E-state index in [1.807, 2.05) is 36.4 Å². The Morgan fingerprint density at radius 1 is 0.870 bits per heavy atom. The van der Waals surface area contributed by atoms with Crippen molar-refractivity contribution in [3.8, 4) is 11.5 Å². The van der Waals surface area contributed by atoms with Gasteiger partial charge in [0.25, 0.3) is 0 Å². The molecule has 0 heterocycles. The highest BCUT2D eigenvalue weighted by Crippen LogP contribution is 2.46. The summed E-state index contributed by atoms with van der Waals surface area (Å²) in [6.45, 7) is 8.93. The summed E-state index contributed by atoms with van der Waals surface area (Å²) in [5, 5.41) is 0. The molecule has 0 aliphatic heterocycles. The molecule has 0 aliphatic carbocycles. The number of para-hydroxylation sites is 2. The summed E-state index contributed by atoms with van der Waals surface area (Å²) in [5.74, 6) is 1.11. The predicted octanol–water partition coefficient (Wildman–Crippen LogP) is 5.42. The number of benzene rings is 2. The Hall–Kier alpha value is -2.25. The van der Waals surface area contributed by atoms with Crippen LogP contribution in [-0.2, 0) is 17.4 Å². The maximum absolute atomic E-state index is 12.8. The van der Waals surface area contributed by atoms with E-state index in [1.54, 1.807) is 24.3 Å². The van der Waals surface area contributed by atoms with Crippen molar-refractivity contribution in [2.45, 2.75) is 12.8 Å². The molecular weight excluding hydrogens is 307 g/mol. The molecule has 0 unspecified atom stereocenters. The summed E-state index contributed by atoms with van der Waals surface area (Å²) in [6.07, 6.45) is 4.85. The van der Waals surface area contributed by atoms with Gasteiger partial charge in [-0.3, -0.25) is 0 Å². The largest absolute Gasteiger partial charge is 0.427 e. The molecule has 2 rings (SSSR count). The summed E-state index contributed by atoms with van der Waals surface area (Å²) in [4.78, 5) is 0. The van der Waals surface area contributed by atoms with Gasteiger partial charge in [0.1, 0.15) is 11.5 Å². The van der Waals surface area contributed by atoms with E-state index in [4.69, 9.17) is 9.05 Å². The van der Waals surface area contributed by atoms with Crippen molar-refractivity contribution in [1.82, 2.24) is 0 Å². The topological polar surface area (TPSA) is 35.5 Å². The van der Waals surface area contributed by atoms with Gasteiger partial charge in [0.05, 0.1) is 6.66 Å². The van der Waals surface area contributed by atoms with E-state index >= 15 is 0 Å². The number of hydrogen-bond donors (Lipinski definition) is 0. The van der Waals surface area contributed by atoms with Crippen LogP contribution in [0.5, 0.6) is 11.5 Å². The molecule has 0 radical (unpaired) electrons. The van der Waals surface area contributed by atoms with E-state index in [9.17, 15) is 4.57 Å². The molecule has 0 bridgehead atoms. The van der Waals surface area contributed by atoms with Gasteiger partial charge in [-0.15, -0.1) is 13.2 Å². The molecule has 0 aromatic heterocycles. The van der Waals surface area contributed by atoms with Crippen LogP contribution in [-0.4, -0.2) is 6.66 Å². The van der Waals surface area contributed by atoms with Crippen LogP contribution < -0.4 is 9.05 Å². The molecule has 0 saturated heterocycles. The van der Waals surface area contributed by atoms with E-state index in [0.717, 1.165) is 11.1 Å². The molecule has 4 heteroatoms. The summed E-state index contributed by atoms with van der Waals surface area (Å²) in [6, 6.07) is 14.9. The summed E-state index contributed by atoms with van der Waals surface area (Å²) < 4.78 is 24.1. The van der Waals surface area contributed by atoms with Crippen LogP contribution in [0.25, 0.3) is 0 Å². The molecule has 0 atom stereocenters. The van der Waals surface area contributed by atoms with Crippen LogP contribution in [0, 0.1) is 0 Å². The number of hydrogen-bond acceptors (Lipinski definition) is 3. The molecule has 2 aromatic carbocycles. The third-order valence-electron chi connectivity index (χ3n) is 3.20. The molecule has 0 saturated carbocycles. The van der Waals surface area contributed by atoms with Crippen molar-refractivity contribution >= 4 is 7.60 Å². The lowest BCUT2D eigenvalue weighted by Crippen LogP contribution is -2.02. The average Bonchev–Trinajstić information content (AvgIpc) is 2.51. The first-order valence-corrected chi connectivity index (χ1v) is 9.39. The van der Waals surface area contributed by atoms with Gasteiger partial charge in [-0.05, 0) is 36.1 Å². The summed E-state index contributed by atoms with van der Waals surface area (Å²) >= 11 is 0. The van der Waals surface area contributed by atoms with Crippen molar-refractivity contribution in [3.05, 3.63) is 85.0 Å². The lowest BCUT2D eigenvalue weighted by molar-refractivity contribution is 0.390. The molecule has 23 heavy (non-hydrogen) atoms. The van der Waals surface area contributed by atoms with Gasteiger partial charge in [-0.2, -0.15) is 0 Å². The molecule has 0 fully saturated rings. The highest BCUT2D eigenvalue weighted by Gasteiger charge is 2.22. The van der Waals surface area contributed by atoms with Gasteiger partial charge < -0.3 is 9.05 Å². The van der Waals surface area contributed by atoms with Gasteiger partial charge in [0.2, 0.25) is 0 Å². The fraction of sp³-hybridized carbons (Fsp3) is 0.158. The Labute approximate surface area is 137 Å². The fourth-order valence-corrected chi connectivity index (χ4v) is 3.32. The van der Waals surface area contributed by atoms with Gasteiger partial charge in [0.15, 0.2) is 0 Å². The zero-order chi connectivity index (χ0) is 16.7. The Kier molecular flexibility index (Phi) is 5.84. The first kappa shape index (κ1) is 17.1. The normalized spacial score (nSPS) is 10.8. The highest BCUT2D eigenvalue weighted by atomic mass is 31.2. The first-order chi connectivity index (χ1) is 11.1. The molecule has 0 aliphatic rings. The molecule has 2 aromatic rings. The van der Waals surface area contributed by atoms with Crippen LogP contribution in [0.1, 0.15) is 11.1 Å². The second-order valence-corrected chi connectivity index (χ2v) is 7.06. The number of allylic oxidation sites excluding steroid dienone is 2. The maximum atomic E-state index is 12.8. The van der Waals surface area contributed by atoms with Crippen LogP contribution in [0.2, 0.25) is 0 Å². The zero-order valence-corrected chi connectivity index (χ0v) is 14.2. The van der Waals surface area contributed by atoms with Crippen molar-refractivity contribution in [3.63, 3.8) is 0 Å². The molecule has 3 nitrogen and oxygen atoms in total. The van der Waals surface area contributed by atoms with Crippen molar-refractivity contribution in [2.75, 3.05) is 6.66 Å². The minimum atomic E-state index is -3.31. The third kappa shape index (κ3) is 4.87. The molecule has 0 spiro atoms. The predicted molar refractivity (Wildman–Crippen MR) is 95.5 cm³/mol. The monoisotopic (exact) mass is 328 g/mol. The van der Waals surface area contributed by atoms with E-state index in [0.29, 0.717) is 24.3 Å². The average molecular weight is 328 g/mol. The lowest BCUT2D eigenvalue weighted by atomic mass is 10.1. The highest BCUT2D eigenvalue weighted by molar-refractivity contribution is 7.53. The van der Waals surface area contributed by atoms with Crippen LogP contribution >= 0.6 is 7.60 Å². The maximum Gasteiger partial charge on any atom is 0.427 e. The SMILES string of the molecule is C=CCc1ccccc1OP(C)(=O)Oc1ccccc1CC=C. The minimum Gasteiger partial charge on any atom is -0.416 e. The summed E-state index contributed by atoms with van der Waals surface area (Å²) in [7, 11) is -3.31. The molecule has 120 valence electrons. The van der Waals surface area contributed by atoms with E-state index in [1.165, 1.54) is 6.66 Å². The molecule has 0 N–H and O–H groups in total. The zero-order valence-electron chi connectivity index (χ0n) is 13.3. The second kappa shape index (κ2) is 7.85. The van der Waals surface area contributed by atoms with Crippen molar-refractivity contribution in [2.24, 2.45) is 0 Å². The fourth-order valence-electron chi connectivity index (χ4n) is 2.21. The van der Waals surface area contributed by atoms with E-state index in [2.05, 4.69) is 13.2 Å². The summed E-state index contributed by atoms with van der Waals surface area (Å²) in [5.41, 5.74) is 1.85. The smallest absolute Gasteiger partial charge is 0.416 e. The van der Waals surface area contributed by atoms with E-state index < -0.39 is 7.60 Å². The van der Waals surface area contributed by atoms with Gasteiger partial charge >= 0.3 is 7.60 Å². The molecular formula is C19H21O3P. The van der Waals surface area contributed by atoms with Crippen molar-refractivity contribution < 1.29 is 13.6 Å². The van der Waals surface area contributed by atoms with Crippen LogP contribution in [0.3, 0.4) is 0 Å². The molecule has 0 amide bonds. The minimum absolute atomic E-state index is 0.555. The van der Waals surface area contributed by atoms with Gasteiger partial charge in [-0.25, -0.2) is 4.57 Å². The first-order valence-electron chi connectivity index (χ1n) is 7.40. The Morgan fingerprint density at radius 2 is 1.26 bits per heavy atom. The number of rotatable bonds is 8. The van der Waals surface area contributed by atoms with Crippen LogP contribution in [0.4, 0.5) is 0 Å². The third-order valence-corrected chi connectivity index (χ3v) is 4.26. The Bertz CT molecular complexity index is 677. The van der Waals surface area contributed by atoms with E-state index in [-0.39, 0.29) is 0 Å². The van der Waals surface area contributed by atoms with Gasteiger partial charge in [-0.1, -0.05) is 48.6 Å². The van der Waals surface area contributed by atoms with Crippen LogP contribution in [0.15, 0.2) is 73.8 Å². The van der Waals surface area contributed by atoms with Crippen molar-refractivity contribution in [1.29, 1.82) is 0 Å². The Balaban J connectivity index is 2.22.